The molecule has 0 unspecified atom stereocenters. The van der Waals surface area contributed by atoms with Crippen LogP contribution in [0.2, 0.25) is 0 Å². The molecule has 0 spiro atoms. The van der Waals surface area contributed by atoms with Crippen molar-refractivity contribution in [2.75, 3.05) is 20.2 Å². The summed E-state index contributed by atoms with van der Waals surface area (Å²) in [6.07, 6.45) is 1.87. The Hall–Kier alpha value is -1.11. The maximum atomic E-state index is 12.1. The van der Waals surface area contributed by atoms with E-state index in [2.05, 4.69) is 10.0 Å². The van der Waals surface area contributed by atoms with E-state index in [0.717, 1.165) is 19.4 Å². The minimum absolute atomic E-state index is 0.0224. The van der Waals surface area contributed by atoms with Gasteiger partial charge in [0.05, 0.1) is 12.0 Å². The third-order valence-electron chi connectivity index (χ3n) is 2.99. The molecule has 1 atom stereocenters. The summed E-state index contributed by atoms with van der Waals surface area (Å²) in [5, 5.41) is 3.18. The van der Waals surface area contributed by atoms with Crippen LogP contribution in [0.25, 0.3) is 0 Å². The first-order valence-corrected chi connectivity index (χ1v) is 7.47. The second-order valence-corrected chi connectivity index (χ2v) is 6.05. The van der Waals surface area contributed by atoms with Gasteiger partial charge in [-0.15, -0.1) is 0 Å². The van der Waals surface area contributed by atoms with E-state index in [9.17, 15) is 8.42 Å². The third-order valence-corrected chi connectivity index (χ3v) is 4.52. The molecule has 1 aromatic rings. The van der Waals surface area contributed by atoms with Crippen LogP contribution < -0.4 is 14.8 Å². The molecule has 100 valence electrons. The van der Waals surface area contributed by atoms with Gasteiger partial charge in [-0.05, 0) is 43.7 Å². The molecule has 1 aliphatic heterocycles. The molecule has 2 N–H and O–H groups in total. The van der Waals surface area contributed by atoms with E-state index in [0.29, 0.717) is 12.3 Å². The highest BCUT2D eigenvalue weighted by atomic mass is 32.2. The Balaban J connectivity index is 2.08. The van der Waals surface area contributed by atoms with Crippen LogP contribution in [0.4, 0.5) is 0 Å². The van der Waals surface area contributed by atoms with Crippen LogP contribution in [0.3, 0.4) is 0 Å². The van der Waals surface area contributed by atoms with Gasteiger partial charge in [0.25, 0.3) is 0 Å². The average molecular weight is 270 g/mol. The maximum absolute atomic E-state index is 12.1. The predicted molar refractivity (Wildman–Crippen MR) is 69.2 cm³/mol. The summed E-state index contributed by atoms with van der Waals surface area (Å²) in [6.45, 7) is 1.65. The van der Waals surface area contributed by atoms with Crippen LogP contribution in [-0.4, -0.2) is 34.7 Å². The summed E-state index contributed by atoms with van der Waals surface area (Å²) in [6, 6.07) is 6.38. The lowest BCUT2D eigenvalue weighted by atomic mass is 10.1. The molecule has 0 saturated carbocycles. The number of nitrogens with one attached hydrogen (secondary N) is 2. The third kappa shape index (κ3) is 3.22. The zero-order valence-electron chi connectivity index (χ0n) is 10.3. The van der Waals surface area contributed by atoms with Gasteiger partial charge < -0.3 is 10.1 Å². The van der Waals surface area contributed by atoms with Crippen LogP contribution in [0.15, 0.2) is 29.2 Å². The van der Waals surface area contributed by atoms with Gasteiger partial charge in [0, 0.05) is 12.6 Å². The highest BCUT2D eigenvalue weighted by Crippen LogP contribution is 2.16. The fraction of sp³-hybridized carbons (Fsp3) is 0.500. The summed E-state index contributed by atoms with van der Waals surface area (Å²) in [5.74, 6) is 0.647. The molecule has 1 heterocycles. The molecular formula is C12H18N2O3S. The zero-order chi connectivity index (χ0) is 13.0. The Labute approximate surface area is 108 Å². The Morgan fingerprint density at radius 2 is 2.06 bits per heavy atom. The summed E-state index contributed by atoms with van der Waals surface area (Å²) in [5.41, 5.74) is 0. The van der Waals surface area contributed by atoms with E-state index in [1.165, 1.54) is 0 Å². The highest BCUT2D eigenvalue weighted by Gasteiger charge is 2.21. The van der Waals surface area contributed by atoms with Crippen LogP contribution >= 0.6 is 0 Å². The van der Waals surface area contributed by atoms with E-state index >= 15 is 0 Å². The molecular weight excluding hydrogens is 252 g/mol. The topological polar surface area (TPSA) is 67.4 Å². The quantitative estimate of drug-likeness (QED) is 0.846. The molecule has 1 aliphatic rings. The van der Waals surface area contributed by atoms with Gasteiger partial charge in [-0.1, -0.05) is 0 Å². The molecule has 18 heavy (non-hydrogen) atoms. The molecule has 6 heteroatoms. The molecule has 1 fully saturated rings. The number of rotatable bonds is 4. The van der Waals surface area contributed by atoms with Crippen molar-refractivity contribution >= 4 is 10.0 Å². The average Bonchev–Trinajstić information content (AvgIpc) is 2.39. The van der Waals surface area contributed by atoms with E-state index in [4.69, 9.17) is 4.74 Å². The molecule has 0 bridgehead atoms. The number of sulfonamides is 1. The second-order valence-electron chi connectivity index (χ2n) is 4.34. The van der Waals surface area contributed by atoms with Crippen molar-refractivity contribution in [3.63, 3.8) is 0 Å². The first-order chi connectivity index (χ1) is 8.62. The van der Waals surface area contributed by atoms with E-state index in [-0.39, 0.29) is 10.9 Å². The molecule has 5 nitrogen and oxygen atoms in total. The minimum atomic E-state index is -3.43. The van der Waals surface area contributed by atoms with Crippen LogP contribution in [0.1, 0.15) is 12.8 Å². The van der Waals surface area contributed by atoms with Gasteiger partial charge in [0.15, 0.2) is 0 Å². The number of piperidine rings is 1. The highest BCUT2D eigenvalue weighted by molar-refractivity contribution is 7.89. The van der Waals surface area contributed by atoms with Crippen molar-refractivity contribution in [3.05, 3.63) is 24.3 Å². The normalized spacial score (nSPS) is 20.6. The number of benzene rings is 1. The largest absolute Gasteiger partial charge is 0.497 e. The Kier molecular flexibility index (Phi) is 4.21. The van der Waals surface area contributed by atoms with Gasteiger partial charge in [0.1, 0.15) is 5.75 Å². The van der Waals surface area contributed by atoms with Gasteiger partial charge in [-0.25, -0.2) is 13.1 Å². The van der Waals surface area contributed by atoms with Gasteiger partial charge in [0.2, 0.25) is 10.0 Å². The predicted octanol–water partition coefficient (Wildman–Crippen LogP) is 0.725. The fourth-order valence-electron chi connectivity index (χ4n) is 1.99. The SMILES string of the molecule is COc1ccc(S(=O)(=O)N[C@H]2CCCNC2)cc1. The lowest BCUT2D eigenvalue weighted by Crippen LogP contribution is -2.45. The van der Waals surface area contributed by atoms with Crippen molar-refractivity contribution in [2.45, 2.75) is 23.8 Å². The number of hydrogen-bond acceptors (Lipinski definition) is 4. The number of hydrogen-bond donors (Lipinski definition) is 2. The van der Waals surface area contributed by atoms with E-state index in [1.54, 1.807) is 31.4 Å². The lowest BCUT2D eigenvalue weighted by Gasteiger charge is -2.23. The summed E-state index contributed by atoms with van der Waals surface area (Å²) >= 11 is 0. The molecule has 1 saturated heterocycles. The van der Waals surface area contributed by atoms with Gasteiger partial charge in [-0.3, -0.25) is 0 Å². The molecule has 0 amide bonds. The monoisotopic (exact) mass is 270 g/mol. The second kappa shape index (κ2) is 5.69. The van der Waals surface area contributed by atoms with Gasteiger partial charge >= 0.3 is 0 Å². The van der Waals surface area contributed by atoms with Crippen LogP contribution in [0, 0.1) is 0 Å². The fourth-order valence-corrected chi connectivity index (χ4v) is 3.27. The minimum Gasteiger partial charge on any atom is -0.497 e. The number of ether oxygens (including phenoxy) is 1. The lowest BCUT2D eigenvalue weighted by molar-refractivity contribution is 0.414. The van der Waals surface area contributed by atoms with Crippen LogP contribution in [-0.2, 0) is 10.0 Å². The molecule has 0 radical (unpaired) electrons. The van der Waals surface area contributed by atoms with Crippen molar-refractivity contribution in [1.82, 2.24) is 10.0 Å². The first kappa shape index (κ1) is 13.3. The molecule has 0 aromatic heterocycles. The van der Waals surface area contributed by atoms with Crippen molar-refractivity contribution in [2.24, 2.45) is 0 Å². The molecule has 2 rings (SSSR count). The van der Waals surface area contributed by atoms with Gasteiger partial charge in [-0.2, -0.15) is 0 Å². The van der Waals surface area contributed by atoms with Crippen LogP contribution in [0.5, 0.6) is 5.75 Å². The summed E-state index contributed by atoms with van der Waals surface area (Å²) in [4.78, 5) is 0.272. The Morgan fingerprint density at radius 1 is 1.33 bits per heavy atom. The van der Waals surface area contributed by atoms with Crippen molar-refractivity contribution in [1.29, 1.82) is 0 Å². The van der Waals surface area contributed by atoms with E-state index in [1.807, 2.05) is 0 Å². The summed E-state index contributed by atoms with van der Waals surface area (Å²) < 4.78 is 32.0. The summed E-state index contributed by atoms with van der Waals surface area (Å²) in [7, 11) is -1.88. The number of methoxy groups -OCH3 is 1. The molecule has 1 aromatic carbocycles. The zero-order valence-corrected chi connectivity index (χ0v) is 11.2. The molecule has 0 aliphatic carbocycles. The van der Waals surface area contributed by atoms with E-state index < -0.39 is 10.0 Å². The Morgan fingerprint density at radius 3 is 2.61 bits per heavy atom. The first-order valence-electron chi connectivity index (χ1n) is 5.99. The smallest absolute Gasteiger partial charge is 0.240 e. The standard InChI is InChI=1S/C12H18N2O3S/c1-17-11-4-6-12(7-5-11)18(15,16)14-10-3-2-8-13-9-10/h4-7,10,13-14H,2-3,8-9H2,1H3/t10-/m0/s1. The Bertz CT molecular complexity index is 479. The van der Waals surface area contributed by atoms with Crippen molar-refractivity contribution in [3.8, 4) is 5.75 Å². The maximum Gasteiger partial charge on any atom is 0.240 e. The van der Waals surface area contributed by atoms with Crippen molar-refractivity contribution < 1.29 is 13.2 Å².